The molecule has 0 spiro atoms. The second kappa shape index (κ2) is 4.67. The number of sulfone groups is 1. The molecule has 0 radical (unpaired) electrons. The van der Waals surface area contributed by atoms with Crippen LogP contribution in [-0.2, 0) is 9.84 Å². The maximum absolute atomic E-state index is 12.4. The fourth-order valence-corrected chi connectivity index (χ4v) is 4.88. The predicted octanol–water partition coefficient (Wildman–Crippen LogP) is 2.71. The number of imidazole rings is 1. The van der Waals surface area contributed by atoms with E-state index in [9.17, 15) is 8.42 Å². The summed E-state index contributed by atoms with van der Waals surface area (Å²) in [6.07, 6.45) is 2.90. The zero-order chi connectivity index (χ0) is 15.3. The highest BCUT2D eigenvalue weighted by Gasteiger charge is 2.36. The minimum absolute atomic E-state index is 0.209. The van der Waals surface area contributed by atoms with Crippen LogP contribution in [0.25, 0.3) is 22.7 Å². The highest BCUT2D eigenvalue weighted by molar-refractivity contribution is 7.91. The van der Waals surface area contributed by atoms with E-state index in [0.29, 0.717) is 35.6 Å². The molecule has 1 unspecified atom stereocenters. The van der Waals surface area contributed by atoms with E-state index in [0.717, 1.165) is 5.76 Å². The molecule has 0 bridgehead atoms. The molecule has 0 N–H and O–H groups in total. The molecule has 4 rings (SSSR count). The second-order valence-electron chi connectivity index (χ2n) is 5.53. The Labute approximate surface area is 127 Å². The molecule has 1 saturated heterocycles. The first-order chi connectivity index (χ1) is 10.6. The van der Waals surface area contributed by atoms with Crippen LogP contribution in [0.3, 0.4) is 0 Å². The predicted molar refractivity (Wildman–Crippen MR) is 82.0 cm³/mol. The maximum atomic E-state index is 12.4. The van der Waals surface area contributed by atoms with Crippen LogP contribution >= 0.6 is 0 Å². The van der Waals surface area contributed by atoms with E-state index in [1.54, 1.807) is 16.8 Å². The van der Waals surface area contributed by atoms with E-state index in [4.69, 9.17) is 4.42 Å². The van der Waals surface area contributed by atoms with Crippen molar-refractivity contribution in [2.24, 2.45) is 0 Å². The summed E-state index contributed by atoms with van der Waals surface area (Å²) in [6.45, 7) is 1.85. The largest absolute Gasteiger partial charge is 0.458 e. The summed E-state index contributed by atoms with van der Waals surface area (Å²) in [7, 11) is -3.18. The van der Waals surface area contributed by atoms with Crippen LogP contribution in [0, 0.1) is 6.92 Å². The fraction of sp³-hybridized carbons (Fsp3) is 0.333. The summed E-state index contributed by atoms with van der Waals surface area (Å²) in [4.78, 5) is 8.89. The van der Waals surface area contributed by atoms with Crippen LogP contribution in [0.1, 0.15) is 24.0 Å². The van der Waals surface area contributed by atoms with Gasteiger partial charge in [0, 0.05) is 6.20 Å². The number of rotatable bonds is 2. The third-order valence-electron chi connectivity index (χ3n) is 3.99. The Morgan fingerprint density at radius 3 is 2.86 bits per heavy atom. The van der Waals surface area contributed by atoms with Crippen molar-refractivity contribution in [3.8, 4) is 11.6 Å². The Hall–Kier alpha value is -2.15. The molecule has 3 aromatic heterocycles. The number of pyridine rings is 1. The molecule has 1 aliphatic rings. The molecule has 6 nitrogen and oxygen atoms in total. The van der Waals surface area contributed by atoms with Crippen molar-refractivity contribution in [3.05, 3.63) is 36.2 Å². The lowest BCUT2D eigenvalue weighted by molar-refractivity contribution is 0.530. The van der Waals surface area contributed by atoms with E-state index in [1.165, 1.54) is 0 Å². The maximum Gasteiger partial charge on any atom is 0.179 e. The summed E-state index contributed by atoms with van der Waals surface area (Å²) in [5.41, 5.74) is 1.26. The third kappa shape index (κ3) is 1.96. The lowest BCUT2D eigenvalue weighted by atomic mass is 10.3. The Morgan fingerprint density at radius 1 is 1.32 bits per heavy atom. The van der Waals surface area contributed by atoms with Gasteiger partial charge in [-0.1, -0.05) is 0 Å². The molecular weight excluding hydrogens is 302 g/mol. The zero-order valence-corrected chi connectivity index (χ0v) is 12.9. The lowest BCUT2D eigenvalue weighted by Crippen LogP contribution is -2.16. The van der Waals surface area contributed by atoms with Crippen molar-refractivity contribution in [2.45, 2.75) is 25.1 Å². The number of aryl methyl sites for hydroxylation is 1. The van der Waals surface area contributed by atoms with Gasteiger partial charge in [0.2, 0.25) is 0 Å². The number of hydrogen-bond acceptors (Lipinski definition) is 5. The average Bonchev–Trinajstić information content (AvgIpc) is 3.15. The van der Waals surface area contributed by atoms with Gasteiger partial charge < -0.3 is 4.42 Å². The van der Waals surface area contributed by atoms with Crippen LogP contribution in [0.5, 0.6) is 0 Å². The van der Waals surface area contributed by atoms with Crippen molar-refractivity contribution in [2.75, 3.05) is 5.75 Å². The van der Waals surface area contributed by atoms with Crippen molar-refractivity contribution in [1.82, 2.24) is 14.5 Å². The third-order valence-corrected chi connectivity index (χ3v) is 6.13. The molecule has 114 valence electrons. The van der Waals surface area contributed by atoms with Crippen molar-refractivity contribution in [3.63, 3.8) is 0 Å². The zero-order valence-electron chi connectivity index (χ0n) is 12.1. The van der Waals surface area contributed by atoms with Crippen LogP contribution < -0.4 is 0 Å². The Morgan fingerprint density at radius 2 is 2.18 bits per heavy atom. The van der Waals surface area contributed by atoms with Crippen LogP contribution in [0.15, 0.2) is 34.9 Å². The molecule has 0 aromatic carbocycles. The fourth-order valence-electron chi connectivity index (χ4n) is 3.00. The molecule has 0 amide bonds. The number of hydrogen-bond donors (Lipinski definition) is 0. The smallest absolute Gasteiger partial charge is 0.179 e. The molecule has 0 aliphatic carbocycles. The summed E-state index contributed by atoms with van der Waals surface area (Å²) < 4.78 is 32.2. The molecule has 1 aliphatic heterocycles. The van der Waals surface area contributed by atoms with Crippen molar-refractivity contribution in [1.29, 1.82) is 0 Å². The Balaban J connectivity index is 2.02. The van der Waals surface area contributed by atoms with Gasteiger partial charge in [-0.3, -0.25) is 4.57 Å². The van der Waals surface area contributed by atoms with Gasteiger partial charge >= 0.3 is 0 Å². The van der Waals surface area contributed by atoms with Gasteiger partial charge in [-0.2, -0.15) is 0 Å². The lowest BCUT2D eigenvalue weighted by Gasteiger charge is -2.14. The van der Waals surface area contributed by atoms with Gasteiger partial charge in [0.15, 0.2) is 27.1 Å². The standard InChI is InChI=1S/C15H15N3O3S/c1-10-6-7-12(21-10)15-17-11-4-2-8-16-14(11)18(15)13-5-3-9-22(13,19)20/h2,4,6-8,13H,3,5,9H2,1H3. The summed E-state index contributed by atoms with van der Waals surface area (Å²) >= 11 is 0. The monoisotopic (exact) mass is 317 g/mol. The first-order valence-electron chi connectivity index (χ1n) is 7.17. The average molecular weight is 317 g/mol. The molecular formula is C15H15N3O3S. The van der Waals surface area contributed by atoms with E-state index in [-0.39, 0.29) is 5.75 Å². The Kier molecular flexibility index (Phi) is 2.87. The number of furan rings is 1. The molecule has 1 fully saturated rings. The van der Waals surface area contributed by atoms with Gasteiger partial charge in [-0.25, -0.2) is 18.4 Å². The first kappa shape index (κ1) is 13.5. The van der Waals surface area contributed by atoms with Crippen LogP contribution in [0.4, 0.5) is 0 Å². The number of fused-ring (bicyclic) bond motifs is 1. The van der Waals surface area contributed by atoms with Gasteiger partial charge in [0.05, 0.1) is 5.75 Å². The minimum Gasteiger partial charge on any atom is -0.458 e. The summed E-state index contributed by atoms with van der Waals surface area (Å²) in [5, 5.41) is -0.618. The van der Waals surface area contributed by atoms with Crippen LogP contribution in [0.2, 0.25) is 0 Å². The van der Waals surface area contributed by atoms with Gasteiger partial charge in [0.1, 0.15) is 16.7 Å². The van der Waals surface area contributed by atoms with E-state index >= 15 is 0 Å². The SMILES string of the molecule is Cc1ccc(-c2nc3cccnc3n2C2CCCS2(=O)=O)o1. The molecule has 7 heteroatoms. The second-order valence-corrected chi connectivity index (χ2v) is 7.80. The minimum atomic E-state index is -3.18. The number of nitrogens with zero attached hydrogens (tertiary/aromatic N) is 3. The van der Waals surface area contributed by atoms with E-state index in [1.807, 2.05) is 25.1 Å². The van der Waals surface area contributed by atoms with E-state index in [2.05, 4.69) is 9.97 Å². The molecule has 3 aromatic rings. The molecule has 0 saturated carbocycles. The topological polar surface area (TPSA) is 78.0 Å². The van der Waals surface area contributed by atoms with Gasteiger partial charge in [0.25, 0.3) is 0 Å². The van der Waals surface area contributed by atoms with Crippen LogP contribution in [-0.4, -0.2) is 28.7 Å². The summed E-state index contributed by atoms with van der Waals surface area (Å²) in [5.74, 6) is 2.06. The van der Waals surface area contributed by atoms with Gasteiger partial charge in [-0.05, 0) is 44.0 Å². The molecule has 4 heterocycles. The van der Waals surface area contributed by atoms with Crippen molar-refractivity contribution >= 4 is 21.0 Å². The molecule has 22 heavy (non-hydrogen) atoms. The summed E-state index contributed by atoms with van der Waals surface area (Å²) in [6, 6.07) is 7.28. The van der Waals surface area contributed by atoms with Gasteiger partial charge in [-0.15, -0.1) is 0 Å². The number of aromatic nitrogens is 3. The normalized spacial score (nSPS) is 20.7. The first-order valence-corrected chi connectivity index (χ1v) is 8.89. The van der Waals surface area contributed by atoms with Crippen molar-refractivity contribution < 1.29 is 12.8 Å². The quantitative estimate of drug-likeness (QED) is 0.726. The molecule has 1 atom stereocenters. The highest BCUT2D eigenvalue weighted by atomic mass is 32.2. The Bertz CT molecular complexity index is 955. The highest BCUT2D eigenvalue weighted by Crippen LogP contribution is 2.36. The van der Waals surface area contributed by atoms with E-state index < -0.39 is 15.2 Å².